The largest absolute Gasteiger partial charge is 0.328 e. The van der Waals surface area contributed by atoms with Gasteiger partial charge in [-0.3, -0.25) is 4.98 Å². The minimum absolute atomic E-state index is 0.0717. The van der Waals surface area contributed by atoms with Crippen LogP contribution >= 0.6 is 0 Å². The number of hydrogen-bond donors (Lipinski definition) is 1. The van der Waals surface area contributed by atoms with E-state index in [1.54, 1.807) is 24.5 Å². The quantitative estimate of drug-likeness (QED) is 0.806. The van der Waals surface area contributed by atoms with E-state index in [0.29, 0.717) is 6.42 Å². The summed E-state index contributed by atoms with van der Waals surface area (Å²) in [4.78, 5) is 3.83. The van der Waals surface area contributed by atoms with Gasteiger partial charge in [-0.15, -0.1) is 0 Å². The van der Waals surface area contributed by atoms with Gasteiger partial charge in [0.25, 0.3) is 0 Å². The molecule has 0 aliphatic rings. The maximum absolute atomic E-state index is 11.6. The normalized spacial score (nSPS) is 13.7. The maximum Gasteiger partial charge on any atom is 0.154 e. The van der Waals surface area contributed by atoms with Crippen LogP contribution in [0.4, 0.5) is 0 Å². The van der Waals surface area contributed by atoms with Crippen LogP contribution in [0.1, 0.15) is 18.9 Å². The Morgan fingerprint density at radius 1 is 1.40 bits per heavy atom. The molecule has 0 spiro atoms. The average Bonchev–Trinajstić information content (AvgIpc) is 2.16. The molecule has 1 rings (SSSR count). The van der Waals surface area contributed by atoms with E-state index in [1.807, 2.05) is 6.92 Å². The zero-order valence-electron chi connectivity index (χ0n) is 8.76. The average molecular weight is 228 g/mol. The first kappa shape index (κ1) is 12.1. The fraction of sp³-hybridized carbons (Fsp3) is 0.500. The second-order valence-electron chi connectivity index (χ2n) is 3.71. The van der Waals surface area contributed by atoms with E-state index in [-0.39, 0.29) is 17.5 Å². The van der Waals surface area contributed by atoms with E-state index < -0.39 is 9.84 Å². The summed E-state index contributed by atoms with van der Waals surface area (Å²) in [6.07, 6.45) is 3.69. The van der Waals surface area contributed by atoms with Gasteiger partial charge in [0.15, 0.2) is 9.84 Å². The molecule has 0 aromatic carbocycles. The van der Waals surface area contributed by atoms with Crippen molar-refractivity contribution in [2.75, 3.05) is 5.75 Å². The molecule has 1 heterocycles. The molecule has 1 unspecified atom stereocenters. The minimum atomic E-state index is -3.04. The van der Waals surface area contributed by atoms with Gasteiger partial charge in [-0.05, 0) is 31.0 Å². The van der Waals surface area contributed by atoms with Crippen molar-refractivity contribution < 1.29 is 8.42 Å². The van der Waals surface area contributed by atoms with Crippen LogP contribution in [0.25, 0.3) is 0 Å². The summed E-state index contributed by atoms with van der Waals surface area (Å²) in [5.41, 5.74) is 6.29. The first-order valence-electron chi connectivity index (χ1n) is 4.84. The van der Waals surface area contributed by atoms with E-state index in [2.05, 4.69) is 4.98 Å². The molecule has 1 aromatic heterocycles. The van der Waals surface area contributed by atoms with Crippen LogP contribution in [0.5, 0.6) is 0 Å². The Labute approximate surface area is 90.4 Å². The smallest absolute Gasteiger partial charge is 0.154 e. The van der Waals surface area contributed by atoms with Crippen LogP contribution in [0.2, 0.25) is 0 Å². The topological polar surface area (TPSA) is 73.1 Å². The molecule has 0 amide bonds. The van der Waals surface area contributed by atoms with Gasteiger partial charge in [-0.25, -0.2) is 8.42 Å². The number of aromatic nitrogens is 1. The zero-order valence-corrected chi connectivity index (χ0v) is 9.57. The Morgan fingerprint density at radius 3 is 2.53 bits per heavy atom. The summed E-state index contributed by atoms with van der Waals surface area (Å²) >= 11 is 0. The predicted octanol–water partition coefficient (Wildman–Crippen LogP) is 0.734. The summed E-state index contributed by atoms with van der Waals surface area (Å²) in [5, 5.41) is 0. The van der Waals surface area contributed by atoms with Gasteiger partial charge in [0.05, 0.1) is 11.5 Å². The monoisotopic (exact) mass is 228 g/mol. The molecule has 0 bridgehead atoms. The van der Waals surface area contributed by atoms with Crippen molar-refractivity contribution in [3.63, 3.8) is 0 Å². The highest BCUT2D eigenvalue weighted by molar-refractivity contribution is 7.90. The number of sulfone groups is 1. The number of pyridine rings is 1. The van der Waals surface area contributed by atoms with Gasteiger partial charge in [-0.1, -0.05) is 0 Å². The summed E-state index contributed by atoms with van der Waals surface area (Å²) in [6.45, 7) is 1.81. The van der Waals surface area contributed by atoms with Crippen LogP contribution in [0.3, 0.4) is 0 Å². The molecule has 1 atom stereocenters. The fourth-order valence-corrected chi connectivity index (χ4v) is 2.75. The third-order valence-corrected chi connectivity index (χ3v) is 3.65. The lowest BCUT2D eigenvalue weighted by molar-refractivity contribution is 0.586. The molecular formula is C10H16N2O2S. The van der Waals surface area contributed by atoms with Gasteiger partial charge < -0.3 is 5.73 Å². The fourth-order valence-electron chi connectivity index (χ4n) is 1.17. The molecule has 0 aliphatic carbocycles. The van der Waals surface area contributed by atoms with Crippen LogP contribution in [-0.2, 0) is 15.6 Å². The minimum Gasteiger partial charge on any atom is -0.328 e. The van der Waals surface area contributed by atoms with E-state index in [0.717, 1.165) is 5.56 Å². The van der Waals surface area contributed by atoms with Crippen molar-refractivity contribution in [3.05, 3.63) is 30.1 Å². The van der Waals surface area contributed by atoms with Gasteiger partial charge in [-0.2, -0.15) is 0 Å². The van der Waals surface area contributed by atoms with Crippen molar-refractivity contribution >= 4 is 9.84 Å². The number of nitrogens with two attached hydrogens (primary N) is 1. The SMILES string of the molecule is CC(N)CCS(=O)(=O)Cc1ccncc1. The lowest BCUT2D eigenvalue weighted by Gasteiger charge is -2.06. The molecule has 15 heavy (non-hydrogen) atoms. The molecule has 5 heteroatoms. The molecule has 4 nitrogen and oxygen atoms in total. The van der Waals surface area contributed by atoms with Gasteiger partial charge in [0.2, 0.25) is 0 Å². The first-order valence-corrected chi connectivity index (χ1v) is 6.66. The van der Waals surface area contributed by atoms with Gasteiger partial charge in [0.1, 0.15) is 0 Å². The van der Waals surface area contributed by atoms with E-state index in [1.165, 1.54) is 0 Å². The highest BCUT2D eigenvalue weighted by Gasteiger charge is 2.12. The highest BCUT2D eigenvalue weighted by atomic mass is 32.2. The molecule has 0 fully saturated rings. The molecule has 2 N–H and O–H groups in total. The Morgan fingerprint density at radius 2 is 2.00 bits per heavy atom. The van der Waals surface area contributed by atoms with Crippen LogP contribution in [0.15, 0.2) is 24.5 Å². The maximum atomic E-state index is 11.6. The van der Waals surface area contributed by atoms with E-state index in [4.69, 9.17) is 5.73 Å². The van der Waals surface area contributed by atoms with Crippen molar-refractivity contribution in [2.45, 2.75) is 25.1 Å². The van der Waals surface area contributed by atoms with Crippen molar-refractivity contribution in [3.8, 4) is 0 Å². The second kappa shape index (κ2) is 5.23. The van der Waals surface area contributed by atoms with Crippen molar-refractivity contribution in [2.24, 2.45) is 5.73 Å². The third-order valence-electron chi connectivity index (χ3n) is 2.02. The van der Waals surface area contributed by atoms with Crippen molar-refractivity contribution in [1.82, 2.24) is 4.98 Å². The molecular weight excluding hydrogens is 212 g/mol. The number of nitrogens with zero attached hydrogens (tertiary/aromatic N) is 1. The Hall–Kier alpha value is -0.940. The molecule has 1 aromatic rings. The van der Waals surface area contributed by atoms with Gasteiger partial charge in [0, 0.05) is 18.4 Å². The molecule has 84 valence electrons. The summed E-state index contributed by atoms with van der Waals surface area (Å²) in [6, 6.07) is 3.35. The van der Waals surface area contributed by atoms with E-state index in [9.17, 15) is 8.42 Å². The lowest BCUT2D eigenvalue weighted by Crippen LogP contribution is -2.20. The second-order valence-corrected chi connectivity index (χ2v) is 5.90. The number of rotatable bonds is 5. The van der Waals surface area contributed by atoms with E-state index >= 15 is 0 Å². The molecule has 0 radical (unpaired) electrons. The molecule has 0 saturated carbocycles. The summed E-state index contributed by atoms with van der Waals surface area (Å²) in [5.74, 6) is 0.217. The standard InChI is InChI=1S/C10H16N2O2S/c1-9(11)4-7-15(13,14)8-10-2-5-12-6-3-10/h2-3,5-6,9H,4,7-8,11H2,1H3. The first-order chi connectivity index (χ1) is 6.99. The zero-order chi connectivity index (χ0) is 11.3. The van der Waals surface area contributed by atoms with Crippen molar-refractivity contribution in [1.29, 1.82) is 0 Å². The van der Waals surface area contributed by atoms with Crippen LogP contribution in [0, 0.1) is 0 Å². The van der Waals surface area contributed by atoms with Crippen LogP contribution < -0.4 is 5.73 Å². The number of hydrogen-bond acceptors (Lipinski definition) is 4. The summed E-state index contributed by atoms with van der Waals surface area (Å²) < 4.78 is 23.3. The predicted molar refractivity (Wildman–Crippen MR) is 60.0 cm³/mol. The summed E-state index contributed by atoms with van der Waals surface area (Å²) in [7, 11) is -3.04. The Balaban J connectivity index is 2.57. The Bertz CT molecular complexity index is 387. The molecule has 0 saturated heterocycles. The molecule has 0 aliphatic heterocycles. The van der Waals surface area contributed by atoms with Crippen LogP contribution in [-0.4, -0.2) is 25.2 Å². The third kappa shape index (κ3) is 4.90. The highest BCUT2D eigenvalue weighted by Crippen LogP contribution is 2.06. The van der Waals surface area contributed by atoms with Gasteiger partial charge >= 0.3 is 0 Å². The lowest BCUT2D eigenvalue weighted by atomic mass is 10.3. The Kier molecular flexibility index (Phi) is 4.23.